The summed E-state index contributed by atoms with van der Waals surface area (Å²) in [5, 5.41) is 10.2. The molecule has 0 aromatic heterocycles. The zero-order valence-corrected chi connectivity index (χ0v) is 10.6. The van der Waals surface area contributed by atoms with E-state index in [-0.39, 0.29) is 11.7 Å². The fourth-order valence-electron chi connectivity index (χ4n) is 2.68. The third kappa shape index (κ3) is 2.65. The molecular formula is C14H20FNO2. The summed E-state index contributed by atoms with van der Waals surface area (Å²) in [5.74, 6) is -0.00413. The van der Waals surface area contributed by atoms with E-state index in [4.69, 9.17) is 10.5 Å². The molecule has 0 amide bonds. The van der Waals surface area contributed by atoms with Crippen molar-refractivity contribution in [3.05, 3.63) is 29.6 Å². The van der Waals surface area contributed by atoms with Gasteiger partial charge < -0.3 is 15.6 Å². The van der Waals surface area contributed by atoms with Crippen molar-refractivity contribution in [1.29, 1.82) is 0 Å². The minimum Gasteiger partial charge on any atom is -0.494 e. The Morgan fingerprint density at radius 3 is 2.61 bits per heavy atom. The van der Waals surface area contributed by atoms with Crippen LogP contribution < -0.4 is 10.5 Å². The molecule has 3 N–H and O–H groups in total. The van der Waals surface area contributed by atoms with Crippen molar-refractivity contribution >= 4 is 0 Å². The first-order valence-corrected chi connectivity index (χ1v) is 6.40. The molecule has 2 rings (SSSR count). The molecule has 18 heavy (non-hydrogen) atoms. The molecule has 0 unspecified atom stereocenters. The summed E-state index contributed by atoms with van der Waals surface area (Å²) in [4.78, 5) is 0. The van der Waals surface area contributed by atoms with Gasteiger partial charge in [-0.25, -0.2) is 4.39 Å². The number of nitrogens with two attached hydrogens (primary N) is 1. The van der Waals surface area contributed by atoms with E-state index in [1.807, 2.05) is 0 Å². The lowest BCUT2D eigenvalue weighted by Gasteiger charge is -2.24. The van der Waals surface area contributed by atoms with E-state index < -0.39 is 18.0 Å². The number of aliphatic hydroxyl groups is 1. The Hall–Kier alpha value is -1.13. The molecule has 0 saturated heterocycles. The minimum atomic E-state index is -0.597. The molecule has 0 spiro atoms. The Morgan fingerprint density at radius 2 is 2.06 bits per heavy atom. The molecule has 2 atom stereocenters. The van der Waals surface area contributed by atoms with Gasteiger partial charge in [-0.2, -0.15) is 0 Å². The van der Waals surface area contributed by atoms with Crippen LogP contribution in [0.3, 0.4) is 0 Å². The van der Waals surface area contributed by atoms with Gasteiger partial charge in [0.2, 0.25) is 0 Å². The van der Waals surface area contributed by atoms with Crippen LogP contribution in [0.4, 0.5) is 4.39 Å². The maximum atomic E-state index is 13.6. The van der Waals surface area contributed by atoms with Gasteiger partial charge in [-0.15, -0.1) is 0 Å². The van der Waals surface area contributed by atoms with E-state index in [2.05, 4.69) is 0 Å². The monoisotopic (exact) mass is 253 g/mol. The number of benzene rings is 1. The Labute approximate surface area is 107 Å². The first-order valence-electron chi connectivity index (χ1n) is 6.40. The lowest BCUT2D eigenvalue weighted by molar-refractivity contribution is 0.0844. The molecule has 0 bridgehead atoms. The van der Waals surface area contributed by atoms with Crippen LogP contribution in [0, 0.1) is 11.7 Å². The van der Waals surface area contributed by atoms with Gasteiger partial charge in [0.15, 0.2) is 11.6 Å². The molecule has 1 saturated carbocycles. The average Bonchev–Trinajstić information content (AvgIpc) is 2.90. The van der Waals surface area contributed by atoms with Gasteiger partial charge in [0.1, 0.15) is 0 Å². The number of ether oxygens (including phenoxy) is 1. The summed E-state index contributed by atoms with van der Waals surface area (Å²) in [6.45, 7) is 0. The lowest BCUT2D eigenvalue weighted by Crippen LogP contribution is -2.32. The van der Waals surface area contributed by atoms with E-state index >= 15 is 0 Å². The van der Waals surface area contributed by atoms with E-state index in [1.165, 1.54) is 13.2 Å². The van der Waals surface area contributed by atoms with Crippen molar-refractivity contribution in [3.8, 4) is 5.75 Å². The van der Waals surface area contributed by atoms with Crippen LogP contribution in [0.2, 0.25) is 0 Å². The summed E-state index contributed by atoms with van der Waals surface area (Å²) >= 11 is 0. The third-order valence-corrected chi connectivity index (χ3v) is 3.81. The zero-order chi connectivity index (χ0) is 13.1. The summed E-state index contributed by atoms with van der Waals surface area (Å²) in [6, 6.07) is 4.08. The maximum absolute atomic E-state index is 13.6. The standard InChI is InChI=1S/C14H20FNO2/c1-18-12-7-6-10(8-11(12)15)13(16)14(17)9-4-2-3-5-9/h6-9,13-14,17H,2-5,16H2,1H3/t13-,14+/m0/s1. The molecule has 100 valence electrons. The van der Waals surface area contributed by atoms with Crippen LogP contribution >= 0.6 is 0 Å². The molecule has 1 aliphatic carbocycles. The first-order chi connectivity index (χ1) is 8.63. The van der Waals surface area contributed by atoms with Gasteiger partial charge in [0.05, 0.1) is 19.3 Å². The minimum absolute atomic E-state index is 0.196. The molecule has 1 aromatic carbocycles. The number of halogens is 1. The van der Waals surface area contributed by atoms with Gasteiger partial charge >= 0.3 is 0 Å². The highest BCUT2D eigenvalue weighted by Gasteiger charge is 2.29. The predicted octanol–water partition coefficient (Wildman–Crippen LogP) is 2.39. The Bertz CT molecular complexity index is 405. The molecule has 1 aliphatic rings. The summed E-state index contributed by atoms with van der Waals surface area (Å²) in [5.41, 5.74) is 6.64. The second-order valence-electron chi connectivity index (χ2n) is 4.95. The molecule has 0 aliphatic heterocycles. The van der Waals surface area contributed by atoms with E-state index in [1.54, 1.807) is 12.1 Å². The number of hydrogen-bond acceptors (Lipinski definition) is 3. The Kier molecular flexibility index (Phi) is 4.19. The number of hydrogen-bond donors (Lipinski definition) is 2. The molecular weight excluding hydrogens is 233 g/mol. The SMILES string of the molecule is COc1ccc([C@H](N)[C@H](O)C2CCCC2)cc1F. The molecule has 1 aromatic rings. The second-order valence-corrected chi connectivity index (χ2v) is 4.95. The summed E-state index contributed by atoms with van der Waals surface area (Å²) < 4.78 is 18.5. The van der Waals surface area contributed by atoms with Crippen molar-refractivity contribution in [2.45, 2.75) is 37.8 Å². The topological polar surface area (TPSA) is 55.5 Å². The van der Waals surface area contributed by atoms with Crippen molar-refractivity contribution in [3.63, 3.8) is 0 Å². The summed E-state index contributed by atoms with van der Waals surface area (Å²) in [7, 11) is 1.42. The van der Waals surface area contributed by atoms with Crippen molar-refractivity contribution in [2.24, 2.45) is 11.7 Å². The third-order valence-electron chi connectivity index (χ3n) is 3.81. The quantitative estimate of drug-likeness (QED) is 0.866. The highest BCUT2D eigenvalue weighted by Crippen LogP contribution is 2.33. The van der Waals surface area contributed by atoms with Crippen LogP contribution in [0.1, 0.15) is 37.3 Å². The predicted molar refractivity (Wildman–Crippen MR) is 67.8 cm³/mol. The number of methoxy groups -OCH3 is 1. The second kappa shape index (κ2) is 5.67. The van der Waals surface area contributed by atoms with E-state index in [0.29, 0.717) is 5.56 Å². The Morgan fingerprint density at radius 1 is 1.39 bits per heavy atom. The normalized spacial score (nSPS) is 19.8. The highest BCUT2D eigenvalue weighted by molar-refractivity contribution is 5.31. The fourth-order valence-corrected chi connectivity index (χ4v) is 2.68. The first kappa shape index (κ1) is 13.3. The smallest absolute Gasteiger partial charge is 0.165 e. The van der Waals surface area contributed by atoms with Crippen molar-refractivity contribution < 1.29 is 14.2 Å². The van der Waals surface area contributed by atoms with Gasteiger partial charge in [-0.05, 0) is 36.5 Å². The van der Waals surface area contributed by atoms with E-state index in [9.17, 15) is 9.50 Å². The molecule has 0 heterocycles. The average molecular weight is 253 g/mol. The van der Waals surface area contributed by atoms with E-state index in [0.717, 1.165) is 25.7 Å². The summed E-state index contributed by atoms with van der Waals surface area (Å²) in [6.07, 6.45) is 3.71. The molecule has 4 heteroatoms. The Balaban J connectivity index is 2.12. The van der Waals surface area contributed by atoms with Gasteiger partial charge in [0.25, 0.3) is 0 Å². The largest absolute Gasteiger partial charge is 0.494 e. The van der Waals surface area contributed by atoms with Crippen LogP contribution in [0.15, 0.2) is 18.2 Å². The van der Waals surface area contributed by atoms with Crippen LogP contribution in [0.5, 0.6) is 5.75 Å². The van der Waals surface area contributed by atoms with Crippen molar-refractivity contribution in [2.75, 3.05) is 7.11 Å². The fraction of sp³-hybridized carbons (Fsp3) is 0.571. The van der Waals surface area contributed by atoms with Crippen LogP contribution in [-0.4, -0.2) is 18.3 Å². The lowest BCUT2D eigenvalue weighted by atomic mass is 9.91. The highest BCUT2D eigenvalue weighted by atomic mass is 19.1. The molecule has 3 nitrogen and oxygen atoms in total. The maximum Gasteiger partial charge on any atom is 0.165 e. The molecule has 1 fully saturated rings. The van der Waals surface area contributed by atoms with Crippen LogP contribution in [0.25, 0.3) is 0 Å². The van der Waals surface area contributed by atoms with Gasteiger partial charge in [-0.1, -0.05) is 18.9 Å². The molecule has 0 radical (unpaired) electrons. The zero-order valence-electron chi connectivity index (χ0n) is 10.6. The number of aliphatic hydroxyl groups excluding tert-OH is 1. The van der Waals surface area contributed by atoms with Crippen LogP contribution in [-0.2, 0) is 0 Å². The number of rotatable bonds is 4. The van der Waals surface area contributed by atoms with Crippen molar-refractivity contribution in [1.82, 2.24) is 0 Å². The van der Waals surface area contributed by atoms with Gasteiger partial charge in [-0.3, -0.25) is 0 Å². The van der Waals surface area contributed by atoms with Gasteiger partial charge in [0, 0.05) is 0 Å².